The van der Waals surface area contributed by atoms with Crippen LogP contribution in [-0.2, 0) is 0 Å². The summed E-state index contributed by atoms with van der Waals surface area (Å²) >= 11 is 0. The number of rotatable bonds is 5. The van der Waals surface area contributed by atoms with E-state index in [0.717, 1.165) is 37.9 Å². The van der Waals surface area contributed by atoms with Crippen LogP contribution in [0.5, 0.6) is 0 Å². The van der Waals surface area contributed by atoms with Crippen molar-refractivity contribution in [1.29, 1.82) is 0 Å². The lowest BCUT2D eigenvalue weighted by Gasteiger charge is -2.28. The number of aromatic nitrogens is 1. The largest absolute Gasteiger partial charge is 0.351 e. The number of hydrogen-bond donors (Lipinski definition) is 2. The summed E-state index contributed by atoms with van der Waals surface area (Å²) in [7, 11) is 0. The van der Waals surface area contributed by atoms with Crippen LogP contribution in [0, 0.1) is 0 Å². The molecule has 1 aromatic heterocycles. The molecular formula is C15H26ClN3O2. The Balaban J connectivity index is 0.00000220. The van der Waals surface area contributed by atoms with Crippen molar-refractivity contribution >= 4 is 18.3 Å². The lowest BCUT2D eigenvalue weighted by Crippen LogP contribution is -2.46. The Hall–Kier alpha value is -1.07. The molecule has 6 heteroatoms. The number of halogens is 1. The number of carbonyl (C=O) groups excluding carboxylic acids is 1. The number of amides is 1. The van der Waals surface area contributed by atoms with Gasteiger partial charge in [0.1, 0.15) is 0 Å². The first kappa shape index (κ1) is 18.0. The van der Waals surface area contributed by atoms with Crippen molar-refractivity contribution in [2.45, 2.75) is 64.5 Å². The fourth-order valence-electron chi connectivity index (χ4n) is 2.81. The predicted octanol–water partition coefficient (Wildman–Crippen LogP) is 2.87. The van der Waals surface area contributed by atoms with Gasteiger partial charge in [-0.25, -0.2) is 0 Å². The maximum atomic E-state index is 12.2. The first-order chi connectivity index (χ1) is 9.63. The van der Waals surface area contributed by atoms with Gasteiger partial charge in [-0.05, 0) is 39.2 Å². The number of hydrogen-bond acceptors (Lipinski definition) is 4. The van der Waals surface area contributed by atoms with E-state index in [4.69, 9.17) is 4.52 Å². The van der Waals surface area contributed by atoms with Crippen LogP contribution < -0.4 is 10.6 Å². The highest BCUT2D eigenvalue weighted by Gasteiger charge is 2.23. The van der Waals surface area contributed by atoms with E-state index in [-0.39, 0.29) is 24.4 Å². The van der Waals surface area contributed by atoms with E-state index < -0.39 is 0 Å². The molecule has 0 radical (unpaired) electrons. The molecule has 21 heavy (non-hydrogen) atoms. The minimum atomic E-state index is -0.145. The van der Waals surface area contributed by atoms with E-state index in [0.29, 0.717) is 17.7 Å². The van der Waals surface area contributed by atoms with Gasteiger partial charge in [0, 0.05) is 24.1 Å². The molecule has 1 aromatic rings. The molecule has 0 bridgehead atoms. The Labute approximate surface area is 132 Å². The maximum Gasteiger partial charge on any atom is 0.290 e. The van der Waals surface area contributed by atoms with Gasteiger partial charge in [0.15, 0.2) is 0 Å². The van der Waals surface area contributed by atoms with Gasteiger partial charge in [0.2, 0.25) is 5.76 Å². The molecule has 2 rings (SSSR count). The summed E-state index contributed by atoms with van der Waals surface area (Å²) in [5.74, 6) is 0.561. The van der Waals surface area contributed by atoms with E-state index in [1.807, 2.05) is 0 Å². The Morgan fingerprint density at radius 2 is 2.24 bits per heavy atom. The van der Waals surface area contributed by atoms with Crippen LogP contribution >= 0.6 is 12.4 Å². The van der Waals surface area contributed by atoms with Crippen molar-refractivity contribution < 1.29 is 9.32 Å². The molecule has 0 aliphatic carbocycles. The summed E-state index contributed by atoms with van der Waals surface area (Å²) in [6, 6.07) is 2.46. The second-order valence-corrected chi connectivity index (χ2v) is 5.68. The standard InChI is InChI=1S/C15H25N3O2.ClH/c1-4-11(5-2)13-9-14(20-18-13)15(19)17-12-6-7-16-10(3)8-12;/h9-12,16H,4-8H2,1-3H3,(H,17,19);1H. The molecule has 2 unspecified atom stereocenters. The third-order valence-electron chi connectivity index (χ3n) is 4.11. The number of piperidine rings is 1. The average Bonchev–Trinajstić information content (AvgIpc) is 2.90. The van der Waals surface area contributed by atoms with Crippen molar-refractivity contribution in [2.24, 2.45) is 0 Å². The minimum Gasteiger partial charge on any atom is -0.351 e. The van der Waals surface area contributed by atoms with Gasteiger partial charge in [0.25, 0.3) is 5.91 Å². The Morgan fingerprint density at radius 3 is 2.86 bits per heavy atom. The van der Waals surface area contributed by atoms with Crippen molar-refractivity contribution in [3.05, 3.63) is 17.5 Å². The molecule has 0 saturated carbocycles. The van der Waals surface area contributed by atoms with E-state index in [1.165, 1.54) is 0 Å². The van der Waals surface area contributed by atoms with Crippen LogP contribution in [0.1, 0.15) is 68.6 Å². The lowest BCUT2D eigenvalue weighted by atomic mass is 9.99. The van der Waals surface area contributed by atoms with Crippen molar-refractivity contribution in [2.75, 3.05) is 6.54 Å². The zero-order valence-corrected chi connectivity index (χ0v) is 13.8. The molecule has 2 heterocycles. The van der Waals surface area contributed by atoms with E-state index in [1.54, 1.807) is 6.07 Å². The molecule has 1 aliphatic rings. The monoisotopic (exact) mass is 315 g/mol. The Kier molecular flexibility index (Phi) is 7.18. The minimum absolute atomic E-state index is 0. The molecule has 1 amide bonds. The molecule has 1 fully saturated rings. The summed E-state index contributed by atoms with van der Waals surface area (Å²) in [6.45, 7) is 7.33. The SMILES string of the molecule is CCC(CC)c1cc(C(=O)NC2CCNC(C)C2)on1.Cl. The Morgan fingerprint density at radius 1 is 1.52 bits per heavy atom. The summed E-state index contributed by atoms with van der Waals surface area (Å²) in [5, 5.41) is 10.5. The van der Waals surface area contributed by atoms with E-state index in [2.05, 4.69) is 36.6 Å². The highest BCUT2D eigenvalue weighted by atomic mass is 35.5. The van der Waals surface area contributed by atoms with Crippen molar-refractivity contribution in [1.82, 2.24) is 15.8 Å². The van der Waals surface area contributed by atoms with Crippen LogP contribution in [0.25, 0.3) is 0 Å². The van der Waals surface area contributed by atoms with Gasteiger partial charge in [0.05, 0.1) is 5.69 Å². The molecular weight excluding hydrogens is 290 g/mol. The zero-order chi connectivity index (χ0) is 14.5. The van der Waals surface area contributed by atoms with Crippen LogP contribution in [0.4, 0.5) is 0 Å². The average molecular weight is 316 g/mol. The van der Waals surface area contributed by atoms with Crippen molar-refractivity contribution in [3.63, 3.8) is 0 Å². The maximum absolute atomic E-state index is 12.2. The number of carbonyl (C=O) groups is 1. The molecule has 2 N–H and O–H groups in total. The lowest BCUT2D eigenvalue weighted by molar-refractivity contribution is 0.0888. The molecule has 120 valence electrons. The Bertz CT molecular complexity index is 446. The van der Waals surface area contributed by atoms with Crippen LogP contribution in [-0.4, -0.2) is 29.7 Å². The molecule has 2 atom stereocenters. The summed E-state index contributed by atoms with van der Waals surface area (Å²) in [5.41, 5.74) is 0.888. The van der Waals surface area contributed by atoms with Gasteiger partial charge < -0.3 is 15.2 Å². The molecule has 0 aromatic carbocycles. The predicted molar refractivity (Wildman–Crippen MR) is 85.0 cm³/mol. The second-order valence-electron chi connectivity index (χ2n) is 5.68. The second kappa shape index (κ2) is 8.39. The van der Waals surface area contributed by atoms with Crippen LogP contribution in [0.3, 0.4) is 0 Å². The first-order valence-corrected chi connectivity index (χ1v) is 7.64. The fourth-order valence-corrected chi connectivity index (χ4v) is 2.81. The molecule has 1 aliphatic heterocycles. The third-order valence-corrected chi connectivity index (χ3v) is 4.11. The van der Waals surface area contributed by atoms with Gasteiger partial charge in [-0.1, -0.05) is 19.0 Å². The third kappa shape index (κ3) is 4.71. The van der Waals surface area contributed by atoms with Crippen molar-refractivity contribution in [3.8, 4) is 0 Å². The van der Waals surface area contributed by atoms with Gasteiger partial charge in [-0.15, -0.1) is 12.4 Å². The first-order valence-electron chi connectivity index (χ1n) is 7.64. The van der Waals surface area contributed by atoms with E-state index in [9.17, 15) is 4.79 Å². The normalized spacial score (nSPS) is 21.9. The fraction of sp³-hybridized carbons (Fsp3) is 0.733. The van der Waals surface area contributed by atoms with E-state index >= 15 is 0 Å². The van der Waals surface area contributed by atoms with Gasteiger partial charge in [-0.2, -0.15) is 0 Å². The van der Waals surface area contributed by atoms with Crippen LogP contribution in [0.15, 0.2) is 10.6 Å². The highest BCUT2D eigenvalue weighted by molar-refractivity contribution is 5.91. The smallest absolute Gasteiger partial charge is 0.290 e. The summed E-state index contributed by atoms with van der Waals surface area (Å²) in [6.07, 6.45) is 3.94. The van der Waals surface area contributed by atoms with Gasteiger partial charge in [-0.3, -0.25) is 4.79 Å². The molecule has 0 spiro atoms. The number of nitrogens with one attached hydrogen (secondary N) is 2. The summed E-state index contributed by atoms with van der Waals surface area (Å²) < 4.78 is 5.20. The zero-order valence-electron chi connectivity index (χ0n) is 13.0. The summed E-state index contributed by atoms with van der Waals surface area (Å²) in [4.78, 5) is 12.2. The highest BCUT2D eigenvalue weighted by Crippen LogP contribution is 2.22. The molecule has 5 nitrogen and oxygen atoms in total. The topological polar surface area (TPSA) is 67.2 Å². The van der Waals surface area contributed by atoms with Gasteiger partial charge >= 0.3 is 0 Å². The van der Waals surface area contributed by atoms with Crippen LogP contribution in [0.2, 0.25) is 0 Å². The quantitative estimate of drug-likeness (QED) is 0.876. The number of nitrogens with zero attached hydrogens (tertiary/aromatic N) is 1. The molecule has 1 saturated heterocycles.